The molecule has 4 N–H and O–H groups in total. The van der Waals surface area contributed by atoms with Gasteiger partial charge in [0, 0.05) is 42.0 Å². The fraction of sp³-hybridized carbons (Fsp3) is 0.270. The van der Waals surface area contributed by atoms with E-state index in [4.69, 9.17) is 14.6 Å². The van der Waals surface area contributed by atoms with Crippen LogP contribution in [-0.2, 0) is 32.2 Å². The molecule has 4 aromatic rings. The fourth-order valence-corrected chi connectivity index (χ4v) is 6.21. The molecular formula is C37H37NO8S. The van der Waals surface area contributed by atoms with Crippen LogP contribution in [0.25, 0.3) is 11.1 Å². The van der Waals surface area contributed by atoms with Crippen molar-refractivity contribution in [1.82, 2.24) is 5.32 Å². The van der Waals surface area contributed by atoms with E-state index in [9.17, 15) is 24.6 Å². The molecule has 1 aliphatic heterocycles. The number of nitrogens with one attached hydrogen (secondary N) is 1. The van der Waals surface area contributed by atoms with E-state index in [-0.39, 0.29) is 43.1 Å². The van der Waals surface area contributed by atoms with Gasteiger partial charge in [0.1, 0.15) is 0 Å². The first kappa shape index (κ1) is 33.9. The summed E-state index contributed by atoms with van der Waals surface area (Å²) >= 11 is 1.60. The molecule has 0 saturated carbocycles. The Hall–Kier alpha value is -4.48. The Morgan fingerprint density at radius 2 is 1.51 bits per heavy atom. The number of carboxylic acid groups (broad SMARTS) is 2. The number of aliphatic hydroxyl groups excluding tert-OH is 1. The standard InChI is InChI=1S/C37H37NO8S/c39-22-24-7-9-27(10-8-24)33-20-31(23-47-32-17-15-28(16-18-32)36(43)44)45-37(46-33)29-13-11-26(12-14-29)30-4-1-3-25(19-30)21-38-34(40)5-2-6-35(41)42/h1,3-4,7-19,31,33,37,39H,2,5-6,20-23H2,(H,38,40)(H,41,42)(H,43,44)/t31-,33+,37+/m0/s1. The number of carbonyl (C=O) groups excluding carboxylic acids is 1. The van der Waals surface area contributed by atoms with Crippen LogP contribution in [0.5, 0.6) is 0 Å². The smallest absolute Gasteiger partial charge is 0.335 e. The zero-order valence-electron chi connectivity index (χ0n) is 25.7. The summed E-state index contributed by atoms with van der Waals surface area (Å²) in [6, 6.07) is 30.4. The topological polar surface area (TPSA) is 142 Å². The van der Waals surface area contributed by atoms with Crippen molar-refractivity contribution in [3.05, 3.63) is 125 Å². The second-order valence-electron chi connectivity index (χ2n) is 11.3. The van der Waals surface area contributed by atoms with Crippen molar-refractivity contribution < 1.29 is 39.2 Å². The molecule has 0 unspecified atom stereocenters. The minimum atomic E-state index is -0.957. The molecule has 1 aliphatic rings. The van der Waals surface area contributed by atoms with Gasteiger partial charge in [-0.05, 0) is 64.6 Å². The lowest BCUT2D eigenvalue weighted by molar-refractivity contribution is -0.245. The van der Waals surface area contributed by atoms with E-state index in [2.05, 4.69) is 5.32 Å². The second-order valence-corrected chi connectivity index (χ2v) is 12.4. The van der Waals surface area contributed by atoms with Crippen LogP contribution < -0.4 is 5.32 Å². The number of carbonyl (C=O) groups is 3. The number of benzene rings is 4. The molecule has 0 bridgehead atoms. The van der Waals surface area contributed by atoms with E-state index in [1.165, 1.54) is 0 Å². The fourth-order valence-electron chi connectivity index (χ4n) is 5.29. The third kappa shape index (κ3) is 9.76. The summed E-state index contributed by atoms with van der Waals surface area (Å²) in [7, 11) is 0. The molecule has 5 rings (SSSR count). The Morgan fingerprint density at radius 3 is 2.19 bits per heavy atom. The molecule has 0 radical (unpaired) electrons. The minimum Gasteiger partial charge on any atom is -0.481 e. The number of thioether (sulfide) groups is 1. The summed E-state index contributed by atoms with van der Waals surface area (Å²) in [4.78, 5) is 35.0. The number of carboxylic acids is 2. The number of aliphatic hydroxyl groups is 1. The number of aliphatic carboxylic acids is 1. The van der Waals surface area contributed by atoms with Crippen LogP contribution in [0.3, 0.4) is 0 Å². The molecule has 0 aliphatic carbocycles. The number of rotatable bonds is 14. The zero-order chi connectivity index (χ0) is 33.2. The highest BCUT2D eigenvalue weighted by Gasteiger charge is 2.32. The Morgan fingerprint density at radius 1 is 0.787 bits per heavy atom. The van der Waals surface area contributed by atoms with Gasteiger partial charge < -0.3 is 30.1 Å². The first-order valence-corrected chi connectivity index (χ1v) is 16.4. The lowest BCUT2D eigenvalue weighted by Gasteiger charge is -2.36. The van der Waals surface area contributed by atoms with Gasteiger partial charge in [-0.3, -0.25) is 9.59 Å². The maximum Gasteiger partial charge on any atom is 0.335 e. The van der Waals surface area contributed by atoms with Crippen LogP contribution in [-0.4, -0.2) is 45.0 Å². The SMILES string of the molecule is O=C(O)CCCC(=O)NCc1cccc(-c2ccc([C@@H]3O[C@H](CSc4ccc(C(=O)O)cc4)C[C@H](c4ccc(CO)cc4)O3)cc2)c1. The van der Waals surface area contributed by atoms with Crippen molar-refractivity contribution in [3.8, 4) is 11.1 Å². The monoisotopic (exact) mass is 655 g/mol. The number of ether oxygens (including phenoxy) is 2. The van der Waals surface area contributed by atoms with Crippen molar-refractivity contribution in [3.63, 3.8) is 0 Å². The van der Waals surface area contributed by atoms with Crippen LogP contribution in [0.15, 0.2) is 102 Å². The van der Waals surface area contributed by atoms with Crippen molar-refractivity contribution in [2.45, 2.75) is 62.2 Å². The van der Waals surface area contributed by atoms with E-state index in [1.54, 1.807) is 36.0 Å². The zero-order valence-corrected chi connectivity index (χ0v) is 26.5. The number of hydrogen-bond donors (Lipinski definition) is 4. The Kier molecular flexibility index (Phi) is 11.8. The first-order valence-electron chi connectivity index (χ1n) is 15.4. The third-order valence-corrected chi connectivity index (χ3v) is 9.02. The first-order chi connectivity index (χ1) is 22.8. The van der Waals surface area contributed by atoms with Crippen LogP contribution in [0.4, 0.5) is 0 Å². The van der Waals surface area contributed by atoms with E-state index < -0.39 is 18.2 Å². The van der Waals surface area contributed by atoms with Crippen molar-refractivity contribution in [2.75, 3.05) is 5.75 Å². The molecule has 9 nitrogen and oxygen atoms in total. The summed E-state index contributed by atoms with van der Waals surface area (Å²) in [5, 5.41) is 30.3. The molecular weight excluding hydrogens is 618 g/mol. The van der Waals surface area contributed by atoms with Crippen LogP contribution >= 0.6 is 11.8 Å². The molecule has 1 heterocycles. The number of aromatic carboxylic acids is 1. The molecule has 0 aromatic heterocycles. The molecule has 47 heavy (non-hydrogen) atoms. The van der Waals surface area contributed by atoms with Gasteiger partial charge in [-0.2, -0.15) is 0 Å². The summed E-state index contributed by atoms with van der Waals surface area (Å²) in [5.41, 5.74) is 5.86. The average Bonchev–Trinajstić information content (AvgIpc) is 3.10. The molecule has 10 heteroatoms. The molecule has 4 aromatic carbocycles. The van der Waals surface area contributed by atoms with Crippen molar-refractivity contribution >= 4 is 29.6 Å². The van der Waals surface area contributed by atoms with Gasteiger partial charge in [0.15, 0.2) is 6.29 Å². The molecule has 244 valence electrons. The third-order valence-electron chi connectivity index (χ3n) is 7.88. The van der Waals surface area contributed by atoms with Gasteiger partial charge in [0.05, 0.1) is 24.4 Å². The number of hydrogen-bond acceptors (Lipinski definition) is 7. The lowest BCUT2D eigenvalue weighted by atomic mass is 9.99. The summed E-state index contributed by atoms with van der Waals surface area (Å²) in [6.45, 7) is 0.321. The lowest BCUT2D eigenvalue weighted by Crippen LogP contribution is -2.31. The minimum absolute atomic E-state index is 0.0294. The second kappa shape index (κ2) is 16.4. The summed E-state index contributed by atoms with van der Waals surface area (Å²) in [5.74, 6) is -1.39. The average molecular weight is 656 g/mol. The largest absolute Gasteiger partial charge is 0.481 e. The predicted molar refractivity (Wildman–Crippen MR) is 178 cm³/mol. The Balaban J connectivity index is 1.26. The summed E-state index contributed by atoms with van der Waals surface area (Å²) in [6.07, 6.45) is 0.110. The highest BCUT2D eigenvalue weighted by atomic mass is 32.2. The van der Waals surface area contributed by atoms with Crippen molar-refractivity contribution in [2.24, 2.45) is 0 Å². The van der Waals surface area contributed by atoms with Gasteiger partial charge in [-0.25, -0.2) is 4.79 Å². The Labute approximate surface area is 277 Å². The molecule has 0 spiro atoms. The van der Waals surface area contributed by atoms with Crippen LogP contribution in [0.2, 0.25) is 0 Å². The van der Waals surface area contributed by atoms with E-state index in [0.29, 0.717) is 25.1 Å². The van der Waals surface area contributed by atoms with E-state index >= 15 is 0 Å². The normalized spacial score (nSPS) is 17.6. The van der Waals surface area contributed by atoms with E-state index in [1.807, 2.05) is 72.8 Å². The molecule has 1 amide bonds. The highest BCUT2D eigenvalue weighted by molar-refractivity contribution is 7.99. The predicted octanol–water partition coefficient (Wildman–Crippen LogP) is 6.75. The quantitative estimate of drug-likeness (QED) is 0.109. The van der Waals surface area contributed by atoms with Crippen LogP contribution in [0.1, 0.15) is 70.7 Å². The number of amides is 1. The Bertz CT molecular complexity index is 1660. The molecule has 3 atom stereocenters. The van der Waals surface area contributed by atoms with Gasteiger partial charge in [0.25, 0.3) is 0 Å². The van der Waals surface area contributed by atoms with E-state index in [0.717, 1.165) is 38.3 Å². The van der Waals surface area contributed by atoms with Gasteiger partial charge >= 0.3 is 11.9 Å². The van der Waals surface area contributed by atoms with Gasteiger partial charge in [0.2, 0.25) is 5.91 Å². The highest BCUT2D eigenvalue weighted by Crippen LogP contribution is 2.40. The van der Waals surface area contributed by atoms with Gasteiger partial charge in [-0.15, -0.1) is 11.8 Å². The van der Waals surface area contributed by atoms with Gasteiger partial charge in [-0.1, -0.05) is 66.7 Å². The molecule has 1 saturated heterocycles. The molecule has 1 fully saturated rings. The maximum atomic E-state index is 12.1. The summed E-state index contributed by atoms with van der Waals surface area (Å²) < 4.78 is 12.9. The van der Waals surface area contributed by atoms with Crippen molar-refractivity contribution in [1.29, 1.82) is 0 Å². The maximum absolute atomic E-state index is 12.1. The van der Waals surface area contributed by atoms with Crippen LogP contribution in [0, 0.1) is 0 Å².